The fourth-order valence-corrected chi connectivity index (χ4v) is 1.22. The third-order valence-electron chi connectivity index (χ3n) is 2.05. The molecule has 0 spiro atoms. The maximum atomic E-state index is 11.4. The van der Waals surface area contributed by atoms with Crippen molar-refractivity contribution in [1.29, 1.82) is 0 Å². The van der Waals surface area contributed by atoms with Crippen molar-refractivity contribution < 1.29 is 19.4 Å². The van der Waals surface area contributed by atoms with E-state index in [0.717, 1.165) is 0 Å². The predicted octanol–water partition coefficient (Wildman–Crippen LogP) is -0.242. The second-order valence-electron chi connectivity index (χ2n) is 3.51. The standard InChI is InChI=1S/C11H20N2O4/c1-3-6-12-8-10(14)13-9(11(15)16)5-4-7-17-2/h3,9,12H,1,4-8H2,2H3,(H,13,14)(H,15,16). The molecule has 0 rings (SSSR count). The van der Waals surface area contributed by atoms with Crippen LogP contribution in [-0.2, 0) is 14.3 Å². The van der Waals surface area contributed by atoms with Crippen LogP contribution in [0.25, 0.3) is 0 Å². The van der Waals surface area contributed by atoms with E-state index in [1.54, 1.807) is 13.2 Å². The zero-order chi connectivity index (χ0) is 13.1. The minimum absolute atomic E-state index is 0.0834. The van der Waals surface area contributed by atoms with Crippen molar-refractivity contribution in [2.45, 2.75) is 18.9 Å². The largest absolute Gasteiger partial charge is 0.480 e. The smallest absolute Gasteiger partial charge is 0.326 e. The molecular weight excluding hydrogens is 224 g/mol. The summed E-state index contributed by atoms with van der Waals surface area (Å²) in [4.78, 5) is 22.2. The van der Waals surface area contributed by atoms with Crippen LogP contribution in [0.1, 0.15) is 12.8 Å². The Bertz CT molecular complexity index is 256. The number of carbonyl (C=O) groups excluding carboxylic acids is 1. The van der Waals surface area contributed by atoms with E-state index in [9.17, 15) is 9.59 Å². The number of methoxy groups -OCH3 is 1. The summed E-state index contributed by atoms with van der Waals surface area (Å²) in [6.45, 7) is 4.57. The maximum absolute atomic E-state index is 11.4. The molecule has 0 aromatic rings. The topological polar surface area (TPSA) is 87.7 Å². The van der Waals surface area contributed by atoms with Crippen molar-refractivity contribution >= 4 is 11.9 Å². The van der Waals surface area contributed by atoms with E-state index in [1.165, 1.54) is 0 Å². The normalized spacial score (nSPS) is 11.8. The summed E-state index contributed by atoms with van der Waals surface area (Å²) >= 11 is 0. The zero-order valence-corrected chi connectivity index (χ0v) is 10.1. The molecule has 0 saturated carbocycles. The fraction of sp³-hybridized carbons (Fsp3) is 0.636. The molecule has 0 aliphatic rings. The van der Waals surface area contributed by atoms with Gasteiger partial charge in [-0.15, -0.1) is 6.58 Å². The van der Waals surface area contributed by atoms with Gasteiger partial charge in [0.15, 0.2) is 0 Å². The van der Waals surface area contributed by atoms with Crippen molar-refractivity contribution in [1.82, 2.24) is 10.6 Å². The summed E-state index contributed by atoms with van der Waals surface area (Å²) in [5.41, 5.74) is 0. The van der Waals surface area contributed by atoms with Crippen LogP contribution in [0.3, 0.4) is 0 Å². The van der Waals surface area contributed by atoms with Gasteiger partial charge in [-0.3, -0.25) is 4.79 Å². The van der Waals surface area contributed by atoms with E-state index in [4.69, 9.17) is 9.84 Å². The van der Waals surface area contributed by atoms with E-state index in [1.807, 2.05) is 0 Å². The Morgan fingerprint density at radius 2 is 2.24 bits per heavy atom. The first-order valence-electron chi connectivity index (χ1n) is 5.44. The molecule has 0 aromatic carbocycles. The third-order valence-corrected chi connectivity index (χ3v) is 2.05. The molecule has 1 amide bonds. The Hall–Kier alpha value is -1.40. The summed E-state index contributed by atoms with van der Waals surface area (Å²) in [5, 5.41) is 14.1. The number of hydrogen-bond donors (Lipinski definition) is 3. The van der Waals surface area contributed by atoms with E-state index in [2.05, 4.69) is 17.2 Å². The molecule has 1 atom stereocenters. The molecule has 3 N–H and O–H groups in total. The van der Waals surface area contributed by atoms with Gasteiger partial charge in [-0.1, -0.05) is 6.08 Å². The maximum Gasteiger partial charge on any atom is 0.326 e. The summed E-state index contributed by atoms with van der Waals surface area (Å²) < 4.78 is 4.83. The molecule has 0 aliphatic carbocycles. The summed E-state index contributed by atoms with van der Waals surface area (Å²) in [7, 11) is 1.55. The number of carboxylic acids is 1. The van der Waals surface area contributed by atoms with E-state index in [-0.39, 0.29) is 12.5 Å². The molecule has 17 heavy (non-hydrogen) atoms. The first-order chi connectivity index (χ1) is 8.11. The quantitative estimate of drug-likeness (QED) is 0.364. The fourth-order valence-electron chi connectivity index (χ4n) is 1.22. The number of amides is 1. The van der Waals surface area contributed by atoms with Gasteiger partial charge in [-0.25, -0.2) is 4.79 Å². The number of aliphatic carboxylic acids is 1. The Labute approximate surface area is 101 Å². The molecule has 6 heteroatoms. The molecule has 98 valence electrons. The third kappa shape index (κ3) is 8.41. The minimum atomic E-state index is -1.03. The van der Waals surface area contributed by atoms with Crippen LogP contribution in [0.5, 0.6) is 0 Å². The summed E-state index contributed by atoms with van der Waals surface area (Å²) in [5.74, 6) is -1.37. The number of nitrogens with one attached hydrogen (secondary N) is 2. The van der Waals surface area contributed by atoms with Crippen LogP contribution in [0.15, 0.2) is 12.7 Å². The van der Waals surface area contributed by atoms with Crippen LogP contribution >= 0.6 is 0 Å². The highest BCUT2D eigenvalue weighted by molar-refractivity contribution is 5.84. The molecule has 1 unspecified atom stereocenters. The predicted molar refractivity (Wildman–Crippen MR) is 63.7 cm³/mol. The molecule has 0 heterocycles. The van der Waals surface area contributed by atoms with Crippen molar-refractivity contribution in [3.05, 3.63) is 12.7 Å². The highest BCUT2D eigenvalue weighted by Gasteiger charge is 2.18. The van der Waals surface area contributed by atoms with Gasteiger partial charge in [0.1, 0.15) is 6.04 Å². The molecule has 0 aromatic heterocycles. The molecule has 0 fully saturated rings. The Balaban J connectivity index is 3.93. The van der Waals surface area contributed by atoms with E-state index < -0.39 is 12.0 Å². The second-order valence-corrected chi connectivity index (χ2v) is 3.51. The van der Waals surface area contributed by atoms with Crippen LogP contribution in [0.4, 0.5) is 0 Å². The van der Waals surface area contributed by atoms with Crippen LogP contribution < -0.4 is 10.6 Å². The van der Waals surface area contributed by atoms with Crippen LogP contribution in [0, 0.1) is 0 Å². The Morgan fingerprint density at radius 1 is 1.53 bits per heavy atom. The molecule has 0 saturated heterocycles. The Morgan fingerprint density at radius 3 is 2.76 bits per heavy atom. The van der Waals surface area contributed by atoms with Crippen molar-refractivity contribution in [3.63, 3.8) is 0 Å². The van der Waals surface area contributed by atoms with Gasteiger partial charge in [0.05, 0.1) is 6.54 Å². The first kappa shape index (κ1) is 15.6. The van der Waals surface area contributed by atoms with Gasteiger partial charge >= 0.3 is 5.97 Å². The summed E-state index contributed by atoms with van der Waals surface area (Å²) in [6.07, 6.45) is 2.57. The van der Waals surface area contributed by atoms with Crippen LogP contribution in [-0.4, -0.2) is 49.8 Å². The zero-order valence-electron chi connectivity index (χ0n) is 10.1. The molecule has 0 bridgehead atoms. The van der Waals surface area contributed by atoms with E-state index >= 15 is 0 Å². The number of carbonyl (C=O) groups is 2. The lowest BCUT2D eigenvalue weighted by atomic mass is 10.1. The SMILES string of the molecule is C=CCNCC(=O)NC(CCCOC)C(=O)O. The van der Waals surface area contributed by atoms with Crippen molar-refractivity contribution in [2.75, 3.05) is 26.8 Å². The number of rotatable bonds is 10. The van der Waals surface area contributed by atoms with Gasteiger partial charge < -0.3 is 20.5 Å². The molecule has 6 nitrogen and oxygen atoms in total. The lowest BCUT2D eigenvalue weighted by Gasteiger charge is -2.14. The highest BCUT2D eigenvalue weighted by Crippen LogP contribution is 1.98. The number of ether oxygens (including phenoxy) is 1. The lowest BCUT2D eigenvalue weighted by molar-refractivity contribution is -0.142. The van der Waals surface area contributed by atoms with Crippen molar-refractivity contribution in [3.8, 4) is 0 Å². The van der Waals surface area contributed by atoms with Crippen molar-refractivity contribution in [2.24, 2.45) is 0 Å². The van der Waals surface area contributed by atoms with E-state index in [0.29, 0.717) is 26.0 Å². The number of carboxylic acid groups (broad SMARTS) is 1. The van der Waals surface area contributed by atoms with Crippen LogP contribution in [0.2, 0.25) is 0 Å². The Kier molecular flexibility index (Phi) is 8.99. The summed E-state index contributed by atoms with van der Waals surface area (Å²) in [6, 6.07) is -0.858. The molecular formula is C11H20N2O4. The average molecular weight is 244 g/mol. The average Bonchev–Trinajstić information content (AvgIpc) is 2.28. The highest BCUT2D eigenvalue weighted by atomic mass is 16.5. The van der Waals surface area contributed by atoms with Gasteiger partial charge in [0, 0.05) is 20.3 Å². The van der Waals surface area contributed by atoms with Gasteiger partial charge in [-0.05, 0) is 12.8 Å². The second kappa shape index (κ2) is 9.80. The van der Waals surface area contributed by atoms with Gasteiger partial charge in [0.2, 0.25) is 5.91 Å². The molecule has 0 radical (unpaired) electrons. The minimum Gasteiger partial charge on any atom is -0.480 e. The monoisotopic (exact) mass is 244 g/mol. The van der Waals surface area contributed by atoms with Gasteiger partial charge in [0.25, 0.3) is 0 Å². The number of hydrogen-bond acceptors (Lipinski definition) is 4. The first-order valence-corrected chi connectivity index (χ1v) is 5.44. The lowest BCUT2D eigenvalue weighted by Crippen LogP contribution is -2.44. The molecule has 0 aliphatic heterocycles. The van der Waals surface area contributed by atoms with Gasteiger partial charge in [-0.2, -0.15) is 0 Å².